The summed E-state index contributed by atoms with van der Waals surface area (Å²) in [5.74, 6) is -0.912. The highest BCUT2D eigenvalue weighted by Crippen LogP contribution is 2.25. The van der Waals surface area contributed by atoms with Crippen molar-refractivity contribution in [1.82, 2.24) is 5.32 Å². The number of amides is 2. The van der Waals surface area contributed by atoms with Gasteiger partial charge in [0.2, 0.25) is 0 Å². The first-order chi connectivity index (χ1) is 11.9. The number of aromatic hydroxyl groups is 1. The van der Waals surface area contributed by atoms with E-state index >= 15 is 0 Å². The fourth-order valence-corrected chi connectivity index (χ4v) is 3.35. The van der Waals surface area contributed by atoms with Gasteiger partial charge >= 0.3 is 0 Å². The van der Waals surface area contributed by atoms with E-state index in [9.17, 15) is 14.7 Å². The Hall–Kier alpha value is -1.78. The minimum Gasteiger partial charge on any atom is -0.507 e. The molecule has 0 aromatic heterocycles. The number of carbonyl (C=O) groups is 2. The van der Waals surface area contributed by atoms with Crippen LogP contribution in [0, 0.1) is 3.57 Å². The predicted molar refractivity (Wildman–Crippen MR) is 111 cm³/mol. The Labute approximate surface area is 171 Å². The molecule has 0 spiro atoms. The van der Waals surface area contributed by atoms with Crippen molar-refractivity contribution in [2.75, 3.05) is 4.90 Å². The molecule has 0 atom stereocenters. The molecule has 25 heavy (non-hydrogen) atoms. The smallest absolute Gasteiger partial charge is 0.270 e. The van der Waals surface area contributed by atoms with Crippen LogP contribution in [0.25, 0.3) is 6.08 Å². The molecule has 0 bridgehead atoms. The number of nitrogens with one attached hydrogen (secondary N) is 1. The number of phenols is 1. The van der Waals surface area contributed by atoms with Crippen molar-refractivity contribution in [1.29, 1.82) is 0 Å². The average molecular weight is 529 g/mol. The number of hydrogen-bond acceptors (Lipinski definition) is 4. The van der Waals surface area contributed by atoms with Crippen molar-refractivity contribution >= 4 is 79.4 Å². The van der Waals surface area contributed by atoms with E-state index in [1.807, 2.05) is 22.6 Å². The molecule has 0 saturated carbocycles. The second-order valence-electron chi connectivity index (χ2n) is 5.15. The first kappa shape index (κ1) is 18.0. The number of nitrogens with zero attached hydrogens (tertiary/aromatic N) is 1. The monoisotopic (exact) mass is 528 g/mol. The number of carbonyl (C=O) groups excluding carboxylic acids is 2. The molecule has 1 heterocycles. The van der Waals surface area contributed by atoms with Gasteiger partial charge in [0.05, 0.1) is 9.26 Å². The number of hydrogen-bond donors (Lipinski definition) is 2. The molecule has 2 aromatic carbocycles. The van der Waals surface area contributed by atoms with E-state index in [1.54, 1.807) is 36.4 Å². The van der Waals surface area contributed by atoms with Crippen LogP contribution in [0.5, 0.6) is 5.75 Å². The summed E-state index contributed by atoms with van der Waals surface area (Å²) in [7, 11) is 0. The van der Waals surface area contributed by atoms with Crippen molar-refractivity contribution < 1.29 is 14.7 Å². The molecule has 2 N–H and O–H groups in total. The van der Waals surface area contributed by atoms with Gasteiger partial charge < -0.3 is 5.11 Å². The molecule has 0 aliphatic carbocycles. The van der Waals surface area contributed by atoms with E-state index in [-0.39, 0.29) is 16.4 Å². The lowest BCUT2D eigenvalue weighted by Gasteiger charge is -2.29. The Morgan fingerprint density at radius 2 is 1.84 bits per heavy atom. The van der Waals surface area contributed by atoms with Crippen LogP contribution >= 0.6 is 50.7 Å². The Kier molecular flexibility index (Phi) is 5.21. The third-order valence-electron chi connectivity index (χ3n) is 3.47. The van der Waals surface area contributed by atoms with Crippen LogP contribution in [0.4, 0.5) is 5.69 Å². The quantitative estimate of drug-likeness (QED) is 0.270. The van der Waals surface area contributed by atoms with Crippen LogP contribution in [0.3, 0.4) is 0 Å². The third-order valence-corrected chi connectivity index (χ3v) is 5.15. The first-order valence-corrected chi connectivity index (χ1v) is 9.30. The minimum absolute atomic E-state index is 0.0296. The fourth-order valence-electron chi connectivity index (χ4n) is 2.26. The number of anilines is 1. The molecular weight excluding hydrogens is 519 g/mol. The molecule has 1 saturated heterocycles. The molecule has 3 rings (SSSR count). The maximum Gasteiger partial charge on any atom is 0.270 e. The predicted octanol–water partition coefficient (Wildman–Crippen LogP) is 3.59. The van der Waals surface area contributed by atoms with Crippen LogP contribution in [0.2, 0.25) is 0 Å². The average Bonchev–Trinajstić information content (AvgIpc) is 2.56. The molecule has 8 heteroatoms. The van der Waals surface area contributed by atoms with Gasteiger partial charge in [-0.1, -0.05) is 22.0 Å². The van der Waals surface area contributed by atoms with Crippen molar-refractivity contribution in [2.45, 2.75) is 0 Å². The lowest BCUT2D eigenvalue weighted by Crippen LogP contribution is -2.54. The zero-order valence-electron chi connectivity index (χ0n) is 12.5. The summed E-state index contributed by atoms with van der Waals surface area (Å²) >= 11 is 10.5. The maximum atomic E-state index is 12.8. The number of thiocarbonyl (C=S) groups is 1. The molecule has 2 aromatic rings. The minimum atomic E-state index is -0.550. The van der Waals surface area contributed by atoms with Gasteiger partial charge in [0.1, 0.15) is 11.3 Å². The fraction of sp³-hybridized carbons (Fsp3) is 0. The van der Waals surface area contributed by atoms with E-state index in [4.69, 9.17) is 12.2 Å². The van der Waals surface area contributed by atoms with E-state index in [0.717, 1.165) is 4.47 Å². The highest BCUT2D eigenvalue weighted by molar-refractivity contribution is 14.1. The number of benzene rings is 2. The van der Waals surface area contributed by atoms with Gasteiger partial charge in [-0.05, 0) is 82.8 Å². The van der Waals surface area contributed by atoms with Gasteiger partial charge in [-0.25, -0.2) is 0 Å². The van der Waals surface area contributed by atoms with Crippen LogP contribution in [0.15, 0.2) is 52.5 Å². The van der Waals surface area contributed by atoms with E-state index in [0.29, 0.717) is 14.8 Å². The van der Waals surface area contributed by atoms with Crippen LogP contribution in [-0.2, 0) is 9.59 Å². The van der Waals surface area contributed by atoms with E-state index < -0.39 is 11.8 Å². The molecule has 2 amide bonds. The van der Waals surface area contributed by atoms with Crippen molar-refractivity contribution in [2.24, 2.45) is 0 Å². The maximum absolute atomic E-state index is 12.8. The normalized spacial score (nSPS) is 16.3. The van der Waals surface area contributed by atoms with Crippen LogP contribution in [0.1, 0.15) is 5.56 Å². The number of phenolic OH excluding ortho intramolecular Hbond substituents is 1. The standard InChI is InChI=1S/C17H10BrIN2O3S/c18-10-2-4-11(5-3-10)21-16(24)12(15(23)20-17(21)25)7-9-1-6-14(22)13(19)8-9/h1-8,22H,(H,20,23,25)/b12-7+. The van der Waals surface area contributed by atoms with Gasteiger partial charge in [0.15, 0.2) is 5.11 Å². The zero-order valence-corrected chi connectivity index (χ0v) is 17.1. The van der Waals surface area contributed by atoms with Crippen molar-refractivity contribution in [3.8, 4) is 5.75 Å². The van der Waals surface area contributed by atoms with Crippen molar-refractivity contribution in [3.63, 3.8) is 0 Å². The van der Waals surface area contributed by atoms with Crippen LogP contribution in [-0.4, -0.2) is 22.0 Å². The lowest BCUT2D eigenvalue weighted by molar-refractivity contribution is -0.122. The highest BCUT2D eigenvalue weighted by atomic mass is 127. The second kappa shape index (κ2) is 7.22. The molecule has 5 nitrogen and oxygen atoms in total. The van der Waals surface area contributed by atoms with E-state index in [2.05, 4.69) is 21.2 Å². The molecule has 1 fully saturated rings. The first-order valence-electron chi connectivity index (χ1n) is 7.02. The molecule has 0 unspecified atom stereocenters. The number of halogens is 2. The Bertz CT molecular complexity index is 928. The summed E-state index contributed by atoms with van der Waals surface area (Å²) in [6.45, 7) is 0. The molecule has 0 radical (unpaired) electrons. The summed E-state index contributed by atoms with van der Waals surface area (Å²) in [5, 5.41) is 12.2. The molecule has 1 aliphatic rings. The SMILES string of the molecule is O=C1NC(=S)N(c2ccc(Br)cc2)C(=O)/C1=C/c1ccc(O)c(I)c1. The Morgan fingerprint density at radius 1 is 1.16 bits per heavy atom. The van der Waals surface area contributed by atoms with Gasteiger partial charge in [-0.2, -0.15) is 0 Å². The second-order valence-corrected chi connectivity index (χ2v) is 7.61. The molecule has 126 valence electrons. The summed E-state index contributed by atoms with van der Waals surface area (Å²) in [5.41, 5.74) is 1.16. The lowest BCUT2D eigenvalue weighted by atomic mass is 10.1. The topological polar surface area (TPSA) is 69.6 Å². The Balaban J connectivity index is 2.01. The molecule has 1 aliphatic heterocycles. The largest absolute Gasteiger partial charge is 0.507 e. The van der Waals surface area contributed by atoms with Gasteiger partial charge in [-0.3, -0.25) is 19.8 Å². The Morgan fingerprint density at radius 3 is 2.48 bits per heavy atom. The van der Waals surface area contributed by atoms with Gasteiger partial charge in [0.25, 0.3) is 11.8 Å². The summed E-state index contributed by atoms with van der Waals surface area (Å²) in [6, 6.07) is 11.8. The number of rotatable bonds is 2. The van der Waals surface area contributed by atoms with Crippen LogP contribution < -0.4 is 10.2 Å². The molecular formula is C17H10BrIN2O3S. The highest BCUT2D eigenvalue weighted by Gasteiger charge is 2.34. The third kappa shape index (κ3) is 3.75. The van der Waals surface area contributed by atoms with Gasteiger partial charge in [-0.15, -0.1) is 0 Å². The van der Waals surface area contributed by atoms with Gasteiger partial charge in [0, 0.05) is 4.47 Å². The summed E-state index contributed by atoms with van der Waals surface area (Å²) < 4.78 is 1.49. The summed E-state index contributed by atoms with van der Waals surface area (Å²) in [4.78, 5) is 26.3. The van der Waals surface area contributed by atoms with E-state index in [1.165, 1.54) is 17.0 Å². The zero-order chi connectivity index (χ0) is 18.1. The summed E-state index contributed by atoms with van der Waals surface area (Å²) in [6.07, 6.45) is 1.48. The van der Waals surface area contributed by atoms with Crippen molar-refractivity contribution in [3.05, 3.63) is 61.6 Å².